The molecule has 0 radical (unpaired) electrons. The second-order valence-electron chi connectivity index (χ2n) is 3.55. The molecule has 1 rings (SSSR count). The summed E-state index contributed by atoms with van der Waals surface area (Å²) in [4.78, 5) is 0. The van der Waals surface area contributed by atoms with Crippen molar-refractivity contribution < 1.29 is 18.3 Å². The summed E-state index contributed by atoms with van der Waals surface area (Å²) in [6, 6.07) is 3.74. The first kappa shape index (κ1) is 11.9. The van der Waals surface area contributed by atoms with Gasteiger partial charge in [0.25, 0.3) is 0 Å². The fourth-order valence-electron chi connectivity index (χ4n) is 1.41. The number of hydrogen-bond donors (Lipinski definition) is 1. The van der Waals surface area contributed by atoms with E-state index in [1.807, 2.05) is 6.92 Å². The van der Waals surface area contributed by atoms with E-state index in [9.17, 15) is 18.3 Å². The van der Waals surface area contributed by atoms with Crippen molar-refractivity contribution in [1.29, 1.82) is 0 Å². The van der Waals surface area contributed by atoms with E-state index in [1.54, 1.807) is 6.92 Å². The van der Waals surface area contributed by atoms with Gasteiger partial charge >= 0.3 is 6.18 Å². The molecule has 0 saturated heterocycles. The Morgan fingerprint density at radius 1 is 1.33 bits per heavy atom. The highest BCUT2D eigenvalue weighted by Gasteiger charge is 2.34. The van der Waals surface area contributed by atoms with Crippen LogP contribution in [0.4, 0.5) is 13.2 Å². The van der Waals surface area contributed by atoms with Crippen LogP contribution in [-0.2, 0) is 6.18 Å². The molecule has 0 spiro atoms. The average molecular weight is 218 g/mol. The summed E-state index contributed by atoms with van der Waals surface area (Å²) in [5, 5.41) is 9.51. The van der Waals surface area contributed by atoms with E-state index in [4.69, 9.17) is 0 Å². The van der Waals surface area contributed by atoms with Crippen molar-refractivity contribution in [3.8, 4) is 5.75 Å². The highest BCUT2D eigenvalue weighted by Crippen LogP contribution is 2.40. The summed E-state index contributed by atoms with van der Waals surface area (Å²) in [5.74, 6) is -0.716. The number of alkyl halides is 3. The molecule has 84 valence electrons. The molecular weight excluding hydrogens is 205 g/mol. The number of benzene rings is 1. The van der Waals surface area contributed by atoms with Crippen LogP contribution in [0.2, 0.25) is 0 Å². The Bertz CT molecular complexity index is 344. The van der Waals surface area contributed by atoms with Crippen LogP contribution in [0.3, 0.4) is 0 Å². The van der Waals surface area contributed by atoms with Crippen molar-refractivity contribution >= 4 is 0 Å². The average Bonchev–Trinajstić information content (AvgIpc) is 2.15. The second kappa shape index (κ2) is 4.13. The first-order valence-corrected chi connectivity index (χ1v) is 4.77. The minimum atomic E-state index is -4.49. The Kier molecular flexibility index (Phi) is 3.27. The second-order valence-corrected chi connectivity index (χ2v) is 3.55. The molecule has 0 aliphatic carbocycles. The van der Waals surface area contributed by atoms with Crippen LogP contribution < -0.4 is 0 Å². The van der Waals surface area contributed by atoms with Gasteiger partial charge in [-0.25, -0.2) is 0 Å². The summed E-state index contributed by atoms with van der Waals surface area (Å²) in [6.45, 7) is 3.65. The first-order valence-electron chi connectivity index (χ1n) is 4.77. The molecule has 1 atom stereocenters. The molecule has 0 aliphatic heterocycles. The lowest BCUT2D eigenvalue weighted by Crippen LogP contribution is -2.07. The summed E-state index contributed by atoms with van der Waals surface area (Å²) in [5.41, 5.74) is -0.604. The molecule has 0 heterocycles. The minimum Gasteiger partial charge on any atom is -0.507 e. The predicted molar refractivity (Wildman–Crippen MR) is 51.8 cm³/mol. The van der Waals surface area contributed by atoms with E-state index in [1.165, 1.54) is 12.1 Å². The standard InChI is InChI=1S/C11H13F3O/c1-3-7(2)8-5-4-6-9(10(8)15)11(12,13)14/h4-7,15H,3H2,1-2H3. The van der Waals surface area contributed by atoms with Gasteiger partial charge < -0.3 is 5.11 Å². The molecule has 15 heavy (non-hydrogen) atoms. The van der Waals surface area contributed by atoms with Gasteiger partial charge in [-0.05, 0) is 24.0 Å². The molecule has 0 aliphatic rings. The maximum Gasteiger partial charge on any atom is 0.419 e. The van der Waals surface area contributed by atoms with Gasteiger partial charge in [0.1, 0.15) is 5.75 Å². The monoisotopic (exact) mass is 218 g/mol. The van der Waals surface area contributed by atoms with Gasteiger partial charge in [-0.15, -0.1) is 0 Å². The lowest BCUT2D eigenvalue weighted by atomic mass is 9.95. The third-order valence-corrected chi connectivity index (χ3v) is 2.52. The Morgan fingerprint density at radius 2 is 1.93 bits per heavy atom. The zero-order chi connectivity index (χ0) is 11.6. The molecule has 1 N–H and O–H groups in total. The lowest BCUT2D eigenvalue weighted by molar-refractivity contribution is -0.138. The highest BCUT2D eigenvalue weighted by molar-refractivity contribution is 5.43. The van der Waals surface area contributed by atoms with E-state index in [-0.39, 0.29) is 5.92 Å². The summed E-state index contributed by atoms with van der Waals surface area (Å²) in [7, 11) is 0. The van der Waals surface area contributed by atoms with Gasteiger partial charge in [-0.1, -0.05) is 26.0 Å². The fraction of sp³-hybridized carbons (Fsp3) is 0.455. The molecule has 1 unspecified atom stereocenters. The summed E-state index contributed by atoms with van der Waals surface area (Å²) < 4.78 is 37.3. The lowest BCUT2D eigenvalue weighted by Gasteiger charge is -2.15. The van der Waals surface area contributed by atoms with Gasteiger partial charge in [0.05, 0.1) is 5.56 Å². The number of rotatable bonds is 2. The van der Waals surface area contributed by atoms with Crippen molar-refractivity contribution in [1.82, 2.24) is 0 Å². The highest BCUT2D eigenvalue weighted by atomic mass is 19.4. The number of para-hydroxylation sites is 1. The van der Waals surface area contributed by atoms with E-state index in [2.05, 4.69) is 0 Å². The molecular formula is C11H13F3O. The molecule has 4 heteroatoms. The smallest absolute Gasteiger partial charge is 0.419 e. The van der Waals surface area contributed by atoms with Crippen LogP contribution in [0, 0.1) is 0 Å². The maximum absolute atomic E-state index is 12.4. The van der Waals surface area contributed by atoms with E-state index in [0.29, 0.717) is 12.0 Å². The molecule has 0 aromatic heterocycles. The van der Waals surface area contributed by atoms with Crippen LogP contribution in [0.5, 0.6) is 5.75 Å². The van der Waals surface area contributed by atoms with Gasteiger partial charge in [0.2, 0.25) is 0 Å². The predicted octanol–water partition coefficient (Wildman–Crippen LogP) is 3.92. The van der Waals surface area contributed by atoms with Crippen molar-refractivity contribution in [2.75, 3.05) is 0 Å². The van der Waals surface area contributed by atoms with Crippen molar-refractivity contribution in [2.45, 2.75) is 32.4 Å². The van der Waals surface area contributed by atoms with Gasteiger partial charge in [0.15, 0.2) is 0 Å². The van der Waals surface area contributed by atoms with Crippen LogP contribution in [-0.4, -0.2) is 5.11 Å². The fourth-order valence-corrected chi connectivity index (χ4v) is 1.41. The number of phenolic OH excluding ortho intramolecular Hbond substituents is 1. The van der Waals surface area contributed by atoms with Crippen LogP contribution in [0.1, 0.15) is 37.3 Å². The largest absolute Gasteiger partial charge is 0.507 e. The van der Waals surface area contributed by atoms with E-state index in [0.717, 1.165) is 6.07 Å². The number of hydrogen-bond acceptors (Lipinski definition) is 1. The molecule has 1 aromatic rings. The van der Waals surface area contributed by atoms with E-state index < -0.39 is 17.5 Å². The Hall–Kier alpha value is -1.19. The van der Waals surface area contributed by atoms with Crippen LogP contribution in [0.15, 0.2) is 18.2 Å². The molecule has 0 bridgehead atoms. The van der Waals surface area contributed by atoms with Gasteiger partial charge in [0, 0.05) is 0 Å². The summed E-state index contributed by atoms with van der Waals surface area (Å²) in [6.07, 6.45) is -3.80. The zero-order valence-corrected chi connectivity index (χ0v) is 8.60. The Balaban J connectivity index is 3.23. The van der Waals surface area contributed by atoms with E-state index >= 15 is 0 Å². The third-order valence-electron chi connectivity index (χ3n) is 2.52. The number of aromatic hydroxyl groups is 1. The molecule has 1 nitrogen and oxygen atoms in total. The quantitative estimate of drug-likeness (QED) is 0.797. The summed E-state index contributed by atoms with van der Waals surface area (Å²) >= 11 is 0. The normalized spacial score (nSPS) is 13.9. The molecule has 0 saturated carbocycles. The molecule has 0 fully saturated rings. The van der Waals surface area contributed by atoms with Crippen molar-refractivity contribution in [2.24, 2.45) is 0 Å². The van der Waals surface area contributed by atoms with Crippen molar-refractivity contribution in [3.63, 3.8) is 0 Å². The van der Waals surface area contributed by atoms with Gasteiger partial charge in [-0.3, -0.25) is 0 Å². The maximum atomic E-state index is 12.4. The number of phenols is 1. The minimum absolute atomic E-state index is 0.0766. The third kappa shape index (κ3) is 2.43. The molecule has 1 aromatic carbocycles. The number of halogens is 3. The first-order chi connectivity index (χ1) is 6.88. The Morgan fingerprint density at radius 3 is 2.40 bits per heavy atom. The van der Waals surface area contributed by atoms with Crippen LogP contribution >= 0.6 is 0 Å². The van der Waals surface area contributed by atoms with Crippen molar-refractivity contribution in [3.05, 3.63) is 29.3 Å². The topological polar surface area (TPSA) is 20.2 Å². The molecule has 0 amide bonds. The SMILES string of the molecule is CCC(C)c1cccc(C(F)(F)F)c1O. The zero-order valence-electron chi connectivity index (χ0n) is 8.60. The van der Waals surface area contributed by atoms with Crippen LogP contribution in [0.25, 0.3) is 0 Å². The Labute approximate surface area is 86.5 Å². The van der Waals surface area contributed by atoms with Gasteiger partial charge in [-0.2, -0.15) is 13.2 Å².